The standard InChI is InChI=1S/C22H18ClN5O2S.C3H8.C2H5Cl.C2H6/c23-19-6-3-16(13-18(19)21-20-14(7-9-24-20)8-10-25-21)27-22(29)15-1-4-17(5-2-15)28-12-11-26-31(28)30;1-3-2;1-2-3;1-2/h1-10,13,24,26H,11-12H2,(H,27,29);3H2,1-2H3;2H2,1H3;1-2H3. The Kier molecular flexibility index (Phi) is 14.0. The van der Waals surface area contributed by atoms with E-state index in [4.69, 9.17) is 23.2 Å². The zero-order valence-corrected chi connectivity index (χ0v) is 25.4. The fourth-order valence-corrected chi connectivity index (χ4v) is 4.77. The molecule has 5 rings (SSSR count). The molecule has 7 nitrogen and oxygen atoms in total. The van der Waals surface area contributed by atoms with Gasteiger partial charge in [-0.05, 0) is 54.6 Å². The molecule has 3 N–H and O–H groups in total. The first-order chi connectivity index (χ1) is 18.9. The van der Waals surface area contributed by atoms with Crippen molar-refractivity contribution in [3.8, 4) is 11.3 Å². The van der Waals surface area contributed by atoms with Gasteiger partial charge in [0.2, 0.25) is 0 Å². The van der Waals surface area contributed by atoms with Gasteiger partial charge in [-0.15, -0.1) is 11.6 Å². The zero-order chi connectivity index (χ0) is 28.8. The second-order valence-corrected chi connectivity index (χ2v) is 10.2. The first kappa shape index (κ1) is 32.3. The number of nitrogens with zero attached hydrogens (tertiary/aromatic N) is 2. The van der Waals surface area contributed by atoms with Crippen LogP contribution in [0.2, 0.25) is 5.02 Å². The number of nitrogens with one attached hydrogen (secondary N) is 3. The third kappa shape index (κ3) is 8.80. The lowest BCUT2D eigenvalue weighted by atomic mass is 10.1. The Morgan fingerprint density at radius 2 is 1.74 bits per heavy atom. The average Bonchev–Trinajstić information content (AvgIpc) is 3.61. The van der Waals surface area contributed by atoms with Gasteiger partial charge < -0.3 is 10.3 Å². The highest BCUT2D eigenvalue weighted by atomic mass is 35.5. The Balaban J connectivity index is 0.000000602. The van der Waals surface area contributed by atoms with E-state index in [0.29, 0.717) is 29.4 Å². The quantitative estimate of drug-likeness (QED) is 0.212. The summed E-state index contributed by atoms with van der Waals surface area (Å²) in [4.78, 5) is 20.4. The van der Waals surface area contributed by atoms with Crippen molar-refractivity contribution in [1.82, 2.24) is 14.7 Å². The molecule has 1 aliphatic rings. The zero-order valence-electron chi connectivity index (χ0n) is 23.1. The van der Waals surface area contributed by atoms with E-state index >= 15 is 0 Å². The molecule has 39 heavy (non-hydrogen) atoms. The highest BCUT2D eigenvalue weighted by Crippen LogP contribution is 2.33. The number of alkyl halides is 1. The molecule has 3 heterocycles. The number of pyridine rings is 1. The van der Waals surface area contributed by atoms with Crippen LogP contribution in [0, 0.1) is 0 Å². The number of carbonyl (C=O) groups is 1. The predicted octanol–water partition coefficient (Wildman–Crippen LogP) is 7.81. The van der Waals surface area contributed by atoms with Crippen LogP contribution in [0.4, 0.5) is 11.4 Å². The van der Waals surface area contributed by atoms with Crippen molar-refractivity contribution in [1.29, 1.82) is 0 Å². The van der Waals surface area contributed by atoms with Gasteiger partial charge in [0.1, 0.15) is 0 Å². The largest absolute Gasteiger partial charge is 0.359 e. The maximum atomic E-state index is 12.8. The number of amides is 1. The van der Waals surface area contributed by atoms with Crippen molar-refractivity contribution >= 4 is 62.6 Å². The number of hydrogen-bond donors (Lipinski definition) is 3. The minimum atomic E-state index is -1.23. The molecule has 1 amide bonds. The van der Waals surface area contributed by atoms with Gasteiger partial charge in [-0.25, -0.2) is 8.93 Å². The summed E-state index contributed by atoms with van der Waals surface area (Å²) in [5, 5.41) is 4.49. The maximum Gasteiger partial charge on any atom is 0.255 e. The van der Waals surface area contributed by atoms with Crippen molar-refractivity contribution in [2.75, 3.05) is 28.6 Å². The monoisotopic (exact) mass is 589 g/mol. The molecule has 2 aromatic carbocycles. The maximum absolute atomic E-state index is 12.8. The molecule has 1 fully saturated rings. The number of rotatable bonds is 4. The number of H-pyrrole nitrogens is 1. The Hall–Kier alpha value is -2.91. The predicted molar refractivity (Wildman–Crippen MR) is 168 cm³/mol. The summed E-state index contributed by atoms with van der Waals surface area (Å²) < 4.78 is 16.5. The van der Waals surface area contributed by atoms with Crippen LogP contribution in [0.5, 0.6) is 0 Å². The highest BCUT2D eigenvalue weighted by molar-refractivity contribution is 7.84. The van der Waals surface area contributed by atoms with Crippen LogP contribution in [0.15, 0.2) is 67.0 Å². The van der Waals surface area contributed by atoms with Crippen molar-refractivity contribution in [3.05, 3.63) is 77.6 Å². The first-order valence-corrected chi connectivity index (χ1v) is 15.1. The molecule has 210 valence electrons. The Morgan fingerprint density at radius 1 is 1.08 bits per heavy atom. The second-order valence-electron chi connectivity index (χ2n) is 8.02. The number of hydrogen-bond acceptors (Lipinski definition) is 3. The summed E-state index contributed by atoms with van der Waals surface area (Å²) in [7, 11) is 0. The molecule has 0 radical (unpaired) electrons. The molecule has 1 unspecified atom stereocenters. The third-order valence-corrected chi connectivity index (χ3v) is 6.69. The number of carbonyl (C=O) groups excluding carboxylic acids is 1. The van der Waals surface area contributed by atoms with Crippen molar-refractivity contribution in [2.45, 2.75) is 41.0 Å². The van der Waals surface area contributed by atoms with Gasteiger partial charge in [0.25, 0.3) is 5.91 Å². The average molecular weight is 591 g/mol. The van der Waals surface area contributed by atoms with Gasteiger partial charge in [0, 0.05) is 53.6 Å². The molecular formula is C29H37Cl2N5O2S. The molecule has 1 atom stereocenters. The van der Waals surface area contributed by atoms with E-state index < -0.39 is 11.2 Å². The van der Waals surface area contributed by atoms with E-state index in [1.54, 1.807) is 46.9 Å². The van der Waals surface area contributed by atoms with E-state index in [0.717, 1.165) is 33.7 Å². The normalized spacial score (nSPS) is 13.8. The van der Waals surface area contributed by atoms with Gasteiger partial charge in [-0.2, -0.15) is 0 Å². The number of aromatic amines is 1. The van der Waals surface area contributed by atoms with E-state index in [1.807, 2.05) is 45.2 Å². The Morgan fingerprint density at radius 3 is 2.36 bits per heavy atom. The molecule has 10 heteroatoms. The molecule has 0 aliphatic carbocycles. The summed E-state index contributed by atoms with van der Waals surface area (Å²) in [6.07, 6.45) is 4.84. The van der Waals surface area contributed by atoms with E-state index in [1.165, 1.54) is 6.42 Å². The lowest BCUT2D eigenvalue weighted by Gasteiger charge is -2.15. The summed E-state index contributed by atoms with van der Waals surface area (Å²) in [5.41, 5.74) is 4.26. The molecule has 2 aromatic heterocycles. The van der Waals surface area contributed by atoms with Crippen LogP contribution in [0.1, 0.15) is 51.4 Å². The fourth-order valence-electron chi connectivity index (χ4n) is 3.57. The molecule has 0 spiro atoms. The van der Waals surface area contributed by atoms with Crippen LogP contribution in [0.3, 0.4) is 0 Å². The first-order valence-electron chi connectivity index (χ1n) is 13.1. The molecular weight excluding hydrogens is 553 g/mol. The van der Waals surface area contributed by atoms with Gasteiger partial charge in [0.05, 0.1) is 21.9 Å². The Labute approximate surface area is 244 Å². The minimum Gasteiger partial charge on any atom is -0.359 e. The van der Waals surface area contributed by atoms with Crippen molar-refractivity contribution < 1.29 is 9.00 Å². The molecule has 1 aliphatic heterocycles. The second kappa shape index (κ2) is 16.9. The van der Waals surface area contributed by atoms with E-state index in [2.05, 4.69) is 33.9 Å². The number of fused-ring (bicyclic) bond motifs is 1. The number of halogens is 2. The summed E-state index contributed by atoms with van der Waals surface area (Å²) in [6, 6.07) is 16.2. The summed E-state index contributed by atoms with van der Waals surface area (Å²) in [6.45, 7) is 11.5. The topological polar surface area (TPSA) is 90.1 Å². The minimum absolute atomic E-state index is 0.244. The molecule has 0 bridgehead atoms. The number of benzene rings is 2. The SMILES string of the molecule is CC.CCC.CCCl.O=C(Nc1ccc(Cl)c(-c2nccc3cc[nH]c23)c1)c1ccc(N2CCNS2=O)cc1. The smallest absolute Gasteiger partial charge is 0.255 e. The Bertz CT molecular complexity index is 1340. The van der Waals surface area contributed by atoms with Crippen LogP contribution < -0.4 is 14.3 Å². The molecule has 0 saturated carbocycles. The van der Waals surface area contributed by atoms with Crippen LogP contribution in [0.25, 0.3) is 22.2 Å². The highest BCUT2D eigenvalue weighted by Gasteiger charge is 2.20. The lowest BCUT2D eigenvalue weighted by molar-refractivity contribution is 0.102. The summed E-state index contributed by atoms with van der Waals surface area (Å²) in [5.74, 6) is 0.478. The van der Waals surface area contributed by atoms with Gasteiger partial charge >= 0.3 is 0 Å². The van der Waals surface area contributed by atoms with E-state index in [9.17, 15) is 9.00 Å². The van der Waals surface area contributed by atoms with Crippen LogP contribution in [-0.2, 0) is 11.2 Å². The number of aromatic nitrogens is 2. The van der Waals surface area contributed by atoms with Crippen molar-refractivity contribution in [2.24, 2.45) is 0 Å². The van der Waals surface area contributed by atoms with Gasteiger partial charge in [-0.1, -0.05) is 52.6 Å². The molecule has 4 aromatic rings. The molecule has 1 saturated heterocycles. The fraction of sp³-hybridized carbons (Fsp3) is 0.310. The third-order valence-electron chi connectivity index (χ3n) is 5.11. The van der Waals surface area contributed by atoms with Crippen molar-refractivity contribution in [3.63, 3.8) is 0 Å². The summed E-state index contributed by atoms with van der Waals surface area (Å²) >= 11 is 10.2. The van der Waals surface area contributed by atoms with Gasteiger partial charge in [-0.3, -0.25) is 14.1 Å². The van der Waals surface area contributed by atoms with E-state index in [-0.39, 0.29) is 5.91 Å². The number of anilines is 2. The van der Waals surface area contributed by atoms with Gasteiger partial charge in [0.15, 0.2) is 11.2 Å². The van der Waals surface area contributed by atoms with Crippen LogP contribution >= 0.6 is 23.2 Å². The van der Waals surface area contributed by atoms with Crippen LogP contribution in [-0.4, -0.2) is 39.1 Å². The lowest BCUT2D eigenvalue weighted by Crippen LogP contribution is -2.22.